The fraction of sp³-hybridized carbons (Fsp3) is 0.850. The average molecular weight is 320 g/mol. The lowest BCUT2D eigenvalue weighted by Gasteiger charge is -2.64. The molecule has 130 valence electrons. The zero-order valence-electron chi connectivity index (χ0n) is 15.1. The largest absolute Gasteiger partial charge is 0.389 e. The number of carbonyl (C=O) groups is 1. The van der Waals surface area contributed by atoms with Gasteiger partial charge in [-0.3, -0.25) is 4.79 Å². The Hall–Kier alpha value is -0.670. The highest BCUT2D eigenvalue weighted by Gasteiger charge is 2.68. The smallest absolute Gasteiger partial charge is 0.167 e. The van der Waals surface area contributed by atoms with E-state index >= 15 is 0 Å². The summed E-state index contributed by atoms with van der Waals surface area (Å²) >= 11 is 0. The molecule has 0 saturated heterocycles. The Morgan fingerprint density at radius 2 is 1.78 bits per heavy atom. The molecular formula is C20H32O3. The van der Waals surface area contributed by atoms with Crippen LogP contribution in [0.25, 0.3) is 0 Å². The first kappa shape index (κ1) is 17.2. The molecule has 23 heavy (non-hydrogen) atoms. The fourth-order valence-corrected chi connectivity index (χ4v) is 6.34. The van der Waals surface area contributed by atoms with E-state index in [1.807, 2.05) is 6.92 Å². The highest BCUT2D eigenvalue weighted by Crippen LogP contribution is 2.65. The van der Waals surface area contributed by atoms with Crippen molar-refractivity contribution in [3.05, 3.63) is 12.7 Å². The first-order valence-corrected chi connectivity index (χ1v) is 9.10. The number of Topliss-reactive ketones (excluding diaryl/α,β-unsaturated/α-hetero) is 1. The van der Waals surface area contributed by atoms with Gasteiger partial charge in [-0.2, -0.15) is 0 Å². The van der Waals surface area contributed by atoms with Crippen LogP contribution >= 0.6 is 0 Å². The van der Waals surface area contributed by atoms with E-state index in [1.165, 1.54) is 0 Å². The van der Waals surface area contributed by atoms with Crippen molar-refractivity contribution < 1.29 is 15.0 Å². The summed E-state index contributed by atoms with van der Waals surface area (Å²) < 4.78 is 0. The third-order valence-corrected chi connectivity index (χ3v) is 7.92. The number of rotatable bonds is 1. The third kappa shape index (κ3) is 2.05. The van der Waals surface area contributed by atoms with Crippen LogP contribution in [-0.2, 0) is 4.79 Å². The van der Waals surface area contributed by atoms with Crippen LogP contribution in [0.2, 0.25) is 0 Å². The van der Waals surface area contributed by atoms with Crippen LogP contribution < -0.4 is 0 Å². The van der Waals surface area contributed by atoms with Crippen LogP contribution in [0, 0.1) is 28.1 Å². The van der Waals surface area contributed by atoms with Crippen LogP contribution in [0.4, 0.5) is 0 Å². The Balaban J connectivity index is 2.08. The molecule has 3 saturated carbocycles. The maximum Gasteiger partial charge on any atom is 0.167 e. The number of fused-ring (bicyclic) bond motifs is 3. The van der Waals surface area contributed by atoms with Gasteiger partial charge in [-0.25, -0.2) is 0 Å². The molecule has 3 heteroatoms. The van der Waals surface area contributed by atoms with Crippen molar-refractivity contribution in [1.29, 1.82) is 0 Å². The first-order chi connectivity index (χ1) is 10.5. The summed E-state index contributed by atoms with van der Waals surface area (Å²) in [5, 5.41) is 22.4. The van der Waals surface area contributed by atoms with Crippen LogP contribution in [0.15, 0.2) is 12.7 Å². The van der Waals surface area contributed by atoms with Crippen molar-refractivity contribution in [2.45, 2.75) is 77.9 Å². The monoisotopic (exact) mass is 320 g/mol. The molecule has 3 aliphatic carbocycles. The van der Waals surface area contributed by atoms with Gasteiger partial charge in [-0.15, -0.1) is 6.58 Å². The van der Waals surface area contributed by atoms with Crippen molar-refractivity contribution in [3.63, 3.8) is 0 Å². The summed E-state index contributed by atoms with van der Waals surface area (Å²) in [6.45, 7) is 12.5. The molecule has 0 amide bonds. The topological polar surface area (TPSA) is 57.5 Å². The lowest BCUT2D eigenvalue weighted by atomic mass is 9.41. The third-order valence-electron chi connectivity index (χ3n) is 7.92. The molecule has 0 aliphatic heterocycles. The molecule has 2 N–H and O–H groups in total. The number of aliphatic hydroxyl groups is 2. The Bertz CT molecular complexity index is 539. The highest BCUT2D eigenvalue weighted by molar-refractivity contribution is 5.90. The van der Waals surface area contributed by atoms with Gasteiger partial charge in [0.05, 0.1) is 6.10 Å². The minimum atomic E-state index is -1.61. The lowest BCUT2D eigenvalue weighted by molar-refractivity contribution is -0.237. The number of hydrogen-bond donors (Lipinski definition) is 2. The van der Waals surface area contributed by atoms with Crippen LogP contribution in [0.3, 0.4) is 0 Å². The van der Waals surface area contributed by atoms with Gasteiger partial charge in [0.2, 0.25) is 0 Å². The molecule has 3 nitrogen and oxygen atoms in total. The van der Waals surface area contributed by atoms with Crippen molar-refractivity contribution in [3.8, 4) is 0 Å². The number of carbonyl (C=O) groups excluding carboxylic acids is 1. The van der Waals surface area contributed by atoms with E-state index in [0.717, 1.165) is 32.1 Å². The van der Waals surface area contributed by atoms with Crippen molar-refractivity contribution in [2.75, 3.05) is 0 Å². The molecule has 0 bridgehead atoms. The zero-order valence-corrected chi connectivity index (χ0v) is 15.1. The minimum absolute atomic E-state index is 0.0755. The second-order valence-electron chi connectivity index (χ2n) is 9.56. The SMILES string of the molecule is C=C[C@@]1(C)CC[C@@H]2[C@@]3(C)CCCC(C)(C)[C@@H]3CC(=O)[C@@]2(O)[C@@H]1O. The maximum absolute atomic E-state index is 13.0. The summed E-state index contributed by atoms with van der Waals surface area (Å²) in [4.78, 5) is 13.0. The standard InChI is InChI=1S/C20H32O3/c1-6-18(4)11-8-13-19(5)10-7-9-17(2,3)14(19)12-15(21)20(13,23)16(18)22/h6,13-14,16,22-23H,1,7-12H2,2-5H3/t13-,14+,16-,18+,19-,20-/m1/s1. The Kier molecular flexibility index (Phi) is 3.67. The molecule has 0 aromatic heterocycles. The van der Waals surface area contributed by atoms with Crippen LogP contribution in [-0.4, -0.2) is 27.7 Å². The lowest BCUT2D eigenvalue weighted by Crippen LogP contribution is -2.71. The molecule has 3 fully saturated rings. The van der Waals surface area contributed by atoms with Gasteiger partial charge in [0.25, 0.3) is 0 Å². The van der Waals surface area contributed by atoms with E-state index in [2.05, 4.69) is 27.4 Å². The van der Waals surface area contributed by atoms with E-state index < -0.39 is 17.1 Å². The summed E-state index contributed by atoms with van der Waals surface area (Å²) in [5.41, 5.74) is -2.16. The van der Waals surface area contributed by atoms with Crippen molar-refractivity contribution >= 4 is 5.78 Å². The Labute approximate surface area is 140 Å². The van der Waals surface area contributed by atoms with Gasteiger partial charge in [0.15, 0.2) is 11.4 Å². The van der Waals surface area contributed by atoms with E-state index in [1.54, 1.807) is 6.08 Å². The van der Waals surface area contributed by atoms with Gasteiger partial charge in [0, 0.05) is 17.8 Å². The number of ketones is 1. The van der Waals surface area contributed by atoms with Gasteiger partial charge < -0.3 is 10.2 Å². The minimum Gasteiger partial charge on any atom is -0.389 e. The van der Waals surface area contributed by atoms with E-state index in [0.29, 0.717) is 12.3 Å². The van der Waals surface area contributed by atoms with Crippen LogP contribution in [0.1, 0.15) is 66.2 Å². The van der Waals surface area contributed by atoms with Gasteiger partial charge in [0.1, 0.15) is 0 Å². The average Bonchev–Trinajstić information content (AvgIpc) is 2.47. The molecule has 0 spiro atoms. The summed E-state index contributed by atoms with van der Waals surface area (Å²) in [7, 11) is 0. The maximum atomic E-state index is 13.0. The number of aliphatic hydroxyl groups excluding tert-OH is 1. The molecule has 3 aliphatic rings. The normalized spacial score (nSPS) is 52.4. The van der Waals surface area contributed by atoms with Gasteiger partial charge in [-0.1, -0.05) is 40.2 Å². The van der Waals surface area contributed by atoms with Crippen molar-refractivity contribution in [1.82, 2.24) is 0 Å². The first-order valence-electron chi connectivity index (χ1n) is 9.10. The Morgan fingerprint density at radius 3 is 2.39 bits per heavy atom. The van der Waals surface area contributed by atoms with E-state index in [4.69, 9.17) is 0 Å². The Morgan fingerprint density at radius 1 is 1.13 bits per heavy atom. The molecule has 0 aromatic carbocycles. The molecule has 0 unspecified atom stereocenters. The molecule has 0 radical (unpaired) electrons. The fourth-order valence-electron chi connectivity index (χ4n) is 6.34. The quantitative estimate of drug-likeness (QED) is 0.727. The zero-order chi connectivity index (χ0) is 17.3. The second kappa shape index (κ2) is 4.92. The van der Waals surface area contributed by atoms with Gasteiger partial charge in [-0.05, 0) is 42.4 Å². The van der Waals surface area contributed by atoms with Gasteiger partial charge >= 0.3 is 0 Å². The highest BCUT2D eigenvalue weighted by atomic mass is 16.4. The predicted molar refractivity (Wildman–Crippen MR) is 90.8 cm³/mol. The molecule has 0 aromatic rings. The van der Waals surface area contributed by atoms with Crippen LogP contribution in [0.5, 0.6) is 0 Å². The summed E-state index contributed by atoms with van der Waals surface area (Å²) in [5.74, 6) is -0.00844. The van der Waals surface area contributed by atoms with Crippen molar-refractivity contribution in [2.24, 2.45) is 28.1 Å². The summed E-state index contributed by atoms with van der Waals surface area (Å²) in [6, 6.07) is 0. The molecular weight excluding hydrogens is 288 g/mol. The number of hydrogen-bond acceptors (Lipinski definition) is 3. The molecule has 3 rings (SSSR count). The predicted octanol–water partition coefficient (Wildman–Crippen LogP) is 3.49. The molecule has 6 atom stereocenters. The van der Waals surface area contributed by atoms with E-state index in [9.17, 15) is 15.0 Å². The summed E-state index contributed by atoms with van der Waals surface area (Å²) in [6.07, 6.45) is 5.93. The molecule has 0 heterocycles. The second-order valence-corrected chi connectivity index (χ2v) is 9.56. The van der Waals surface area contributed by atoms with E-state index in [-0.39, 0.29) is 22.5 Å².